The second-order valence-electron chi connectivity index (χ2n) is 3.91. The van der Waals surface area contributed by atoms with E-state index in [2.05, 4.69) is 4.90 Å². The SMILES string of the molecule is OCC1CCN(c2cc(Cl)cc(Cl)c2)C1. The fourth-order valence-electron chi connectivity index (χ4n) is 1.94. The lowest BCUT2D eigenvalue weighted by atomic mass is 10.1. The first-order valence-electron chi connectivity index (χ1n) is 5.01. The fraction of sp³-hybridized carbons (Fsp3) is 0.455. The lowest BCUT2D eigenvalue weighted by Crippen LogP contribution is -2.20. The molecule has 0 aromatic heterocycles. The van der Waals surface area contributed by atoms with Gasteiger partial charge < -0.3 is 10.0 Å². The van der Waals surface area contributed by atoms with Crippen LogP contribution in [0.25, 0.3) is 0 Å². The summed E-state index contributed by atoms with van der Waals surface area (Å²) in [5.41, 5.74) is 1.04. The Morgan fingerprint density at radius 1 is 1.27 bits per heavy atom. The van der Waals surface area contributed by atoms with Crippen LogP contribution in [0, 0.1) is 5.92 Å². The normalized spacial score (nSPS) is 21.0. The monoisotopic (exact) mass is 245 g/mol. The number of aliphatic hydroxyl groups excluding tert-OH is 1. The van der Waals surface area contributed by atoms with Gasteiger partial charge in [0.1, 0.15) is 0 Å². The van der Waals surface area contributed by atoms with Crippen molar-refractivity contribution in [2.24, 2.45) is 5.92 Å². The third kappa shape index (κ3) is 2.57. The smallest absolute Gasteiger partial charge is 0.0476 e. The first kappa shape index (κ1) is 11.1. The first-order chi connectivity index (χ1) is 7.19. The Kier molecular flexibility index (Phi) is 3.39. The number of halogens is 2. The largest absolute Gasteiger partial charge is 0.396 e. The molecule has 1 aromatic carbocycles. The molecule has 0 radical (unpaired) electrons. The maximum atomic E-state index is 9.06. The van der Waals surface area contributed by atoms with E-state index in [9.17, 15) is 0 Å². The Balaban J connectivity index is 2.16. The van der Waals surface area contributed by atoms with Gasteiger partial charge in [-0.25, -0.2) is 0 Å². The summed E-state index contributed by atoms with van der Waals surface area (Å²) in [6.07, 6.45) is 1.03. The summed E-state index contributed by atoms with van der Waals surface area (Å²) in [5.74, 6) is 0.378. The Labute approximate surface area is 99.4 Å². The van der Waals surface area contributed by atoms with Gasteiger partial charge in [0, 0.05) is 41.3 Å². The van der Waals surface area contributed by atoms with Crippen molar-refractivity contribution in [3.8, 4) is 0 Å². The minimum absolute atomic E-state index is 0.255. The van der Waals surface area contributed by atoms with Crippen LogP contribution in [0.4, 0.5) is 5.69 Å². The number of nitrogens with zero attached hydrogens (tertiary/aromatic N) is 1. The van der Waals surface area contributed by atoms with Crippen LogP contribution in [0.1, 0.15) is 6.42 Å². The quantitative estimate of drug-likeness (QED) is 0.867. The predicted octanol–water partition coefficient (Wildman–Crippen LogP) is 2.81. The van der Waals surface area contributed by atoms with Gasteiger partial charge in [-0.3, -0.25) is 0 Å². The molecule has 1 aliphatic heterocycles. The van der Waals surface area contributed by atoms with Crippen molar-refractivity contribution in [3.63, 3.8) is 0 Å². The van der Waals surface area contributed by atoms with E-state index >= 15 is 0 Å². The molecule has 1 aromatic rings. The van der Waals surface area contributed by atoms with Crippen molar-refractivity contribution in [1.29, 1.82) is 0 Å². The van der Waals surface area contributed by atoms with E-state index in [0.29, 0.717) is 16.0 Å². The minimum atomic E-state index is 0.255. The Morgan fingerprint density at radius 2 is 1.93 bits per heavy atom. The van der Waals surface area contributed by atoms with Crippen LogP contribution < -0.4 is 4.90 Å². The molecule has 0 saturated carbocycles. The summed E-state index contributed by atoms with van der Waals surface area (Å²) in [5, 5.41) is 10.4. The maximum Gasteiger partial charge on any atom is 0.0476 e. The number of hydrogen-bond donors (Lipinski definition) is 1. The molecule has 4 heteroatoms. The molecule has 2 nitrogen and oxygen atoms in total. The maximum absolute atomic E-state index is 9.06. The van der Waals surface area contributed by atoms with Crippen LogP contribution in [0.15, 0.2) is 18.2 Å². The lowest BCUT2D eigenvalue weighted by Gasteiger charge is -2.18. The molecule has 1 atom stereocenters. The van der Waals surface area contributed by atoms with Crippen LogP contribution in [-0.2, 0) is 0 Å². The molecule has 1 saturated heterocycles. The van der Waals surface area contributed by atoms with Crippen molar-refractivity contribution < 1.29 is 5.11 Å². The van der Waals surface area contributed by atoms with E-state index in [1.165, 1.54) is 0 Å². The van der Waals surface area contributed by atoms with Gasteiger partial charge >= 0.3 is 0 Å². The summed E-state index contributed by atoms with van der Waals surface area (Å²) in [6, 6.07) is 5.55. The molecule has 1 N–H and O–H groups in total. The van der Waals surface area contributed by atoms with Crippen LogP contribution >= 0.6 is 23.2 Å². The van der Waals surface area contributed by atoms with E-state index in [1.54, 1.807) is 6.07 Å². The van der Waals surface area contributed by atoms with Gasteiger partial charge in [0.05, 0.1) is 0 Å². The molecule has 15 heavy (non-hydrogen) atoms. The second-order valence-corrected chi connectivity index (χ2v) is 4.78. The molecule has 1 heterocycles. The Bertz CT molecular complexity index is 336. The summed E-state index contributed by atoms with van der Waals surface area (Å²) < 4.78 is 0. The topological polar surface area (TPSA) is 23.5 Å². The van der Waals surface area contributed by atoms with Crippen LogP contribution in [-0.4, -0.2) is 24.8 Å². The number of hydrogen-bond acceptors (Lipinski definition) is 2. The average molecular weight is 246 g/mol. The molecular weight excluding hydrogens is 233 g/mol. The number of aliphatic hydroxyl groups is 1. The highest BCUT2D eigenvalue weighted by molar-refractivity contribution is 6.35. The third-order valence-electron chi connectivity index (χ3n) is 2.76. The van der Waals surface area contributed by atoms with Gasteiger partial charge in [0.15, 0.2) is 0 Å². The predicted molar refractivity (Wildman–Crippen MR) is 63.9 cm³/mol. The first-order valence-corrected chi connectivity index (χ1v) is 5.76. The zero-order valence-electron chi connectivity index (χ0n) is 8.29. The van der Waals surface area contributed by atoms with Crippen LogP contribution in [0.3, 0.4) is 0 Å². The molecule has 2 rings (SSSR count). The highest BCUT2D eigenvalue weighted by atomic mass is 35.5. The molecule has 0 aliphatic carbocycles. The van der Waals surface area contributed by atoms with E-state index in [1.807, 2.05) is 12.1 Å². The van der Waals surface area contributed by atoms with Crippen LogP contribution in [0.2, 0.25) is 10.0 Å². The molecule has 0 amide bonds. The highest BCUT2D eigenvalue weighted by Crippen LogP contribution is 2.29. The van der Waals surface area contributed by atoms with Gasteiger partial charge in [0.2, 0.25) is 0 Å². The summed E-state index contributed by atoms with van der Waals surface area (Å²) in [6.45, 7) is 2.10. The molecule has 1 fully saturated rings. The molecular formula is C11H13Cl2NO. The third-order valence-corrected chi connectivity index (χ3v) is 3.19. The van der Waals surface area contributed by atoms with E-state index in [4.69, 9.17) is 28.3 Å². The van der Waals surface area contributed by atoms with Gasteiger partial charge in [0.25, 0.3) is 0 Å². The van der Waals surface area contributed by atoms with Crippen molar-refractivity contribution in [2.75, 3.05) is 24.6 Å². The standard InChI is InChI=1S/C11H13Cl2NO/c12-9-3-10(13)5-11(4-9)14-2-1-8(6-14)7-15/h3-5,8,15H,1-2,6-7H2. The van der Waals surface area contributed by atoms with E-state index < -0.39 is 0 Å². The second kappa shape index (κ2) is 4.60. The average Bonchev–Trinajstić information content (AvgIpc) is 2.64. The zero-order valence-corrected chi connectivity index (χ0v) is 9.80. The fourth-order valence-corrected chi connectivity index (χ4v) is 2.45. The van der Waals surface area contributed by atoms with Gasteiger partial charge in [-0.05, 0) is 24.6 Å². The zero-order chi connectivity index (χ0) is 10.8. The lowest BCUT2D eigenvalue weighted by molar-refractivity contribution is 0.238. The Morgan fingerprint density at radius 3 is 2.47 bits per heavy atom. The van der Waals surface area contributed by atoms with E-state index in [0.717, 1.165) is 25.2 Å². The molecule has 0 bridgehead atoms. The molecule has 1 aliphatic rings. The summed E-state index contributed by atoms with van der Waals surface area (Å²) >= 11 is 11.9. The summed E-state index contributed by atoms with van der Waals surface area (Å²) in [4.78, 5) is 2.21. The molecule has 1 unspecified atom stereocenters. The van der Waals surface area contributed by atoms with Crippen molar-refractivity contribution >= 4 is 28.9 Å². The van der Waals surface area contributed by atoms with Gasteiger partial charge in [-0.2, -0.15) is 0 Å². The number of rotatable bonds is 2. The number of anilines is 1. The minimum Gasteiger partial charge on any atom is -0.396 e. The van der Waals surface area contributed by atoms with Crippen LogP contribution in [0.5, 0.6) is 0 Å². The van der Waals surface area contributed by atoms with Crippen molar-refractivity contribution in [2.45, 2.75) is 6.42 Å². The van der Waals surface area contributed by atoms with Crippen molar-refractivity contribution in [1.82, 2.24) is 0 Å². The van der Waals surface area contributed by atoms with Gasteiger partial charge in [-0.15, -0.1) is 0 Å². The molecule has 0 spiro atoms. The number of benzene rings is 1. The van der Waals surface area contributed by atoms with Gasteiger partial charge in [-0.1, -0.05) is 23.2 Å². The van der Waals surface area contributed by atoms with E-state index in [-0.39, 0.29) is 6.61 Å². The Hall–Kier alpha value is -0.440. The highest BCUT2D eigenvalue weighted by Gasteiger charge is 2.22. The molecule has 82 valence electrons. The van der Waals surface area contributed by atoms with Crippen molar-refractivity contribution in [3.05, 3.63) is 28.2 Å². The summed E-state index contributed by atoms with van der Waals surface area (Å²) in [7, 11) is 0.